The molecule has 0 saturated carbocycles. The van der Waals surface area contributed by atoms with E-state index >= 15 is 0 Å². The van der Waals surface area contributed by atoms with E-state index in [1.54, 1.807) is 7.11 Å². The second kappa shape index (κ2) is 7.65. The maximum absolute atomic E-state index is 5.65. The number of nitrogens with two attached hydrogens (primary N) is 1. The van der Waals surface area contributed by atoms with Crippen LogP contribution in [0.2, 0.25) is 0 Å². The van der Waals surface area contributed by atoms with Crippen molar-refractivity contribution in [1.29, 1.82) is 0 Å². The van der Waals surface area contributed by atoms with Crippen LogP contribution < -0.4 is 15.4 Å². The molecule has 18 heavy (non-hydrogen) atoms. The fourth-order valence-electron chi connectivity index (χ4n) is 1.36. The second-order valence-electron chi connectivity index (χ2n) is 3.70. The highest BCUT2D eigenvalue weighted by Crippen LogP contribution is 2.13. The van der Waals surface area contributed by atoms with Gasteiger partial charge in [-0.1, -0.05) is 6.92 Å². The van der Waals surface area contributed by atoms with Crippen LogP contribution in [0.25, 0.3) is 0 Å². The number of hydrogen-bond donors (Lipinski definition) is 1. The summed E-state index contributed by atoms with van der Waals surface area (Å²) in [5, 5.41) is 0. The van der Waals surface area contributed by atoms with Crippen LogP contribution in [0, 0.1) is 0 Å². The number of nitrogens with zero attached hydrogens (tertiary/aromatic N) is 4. The summed E-state index contributed by atoms with van der Waals surface area (Å²) in [6.45, 7) is 6.66. The molecule has 1 aromatic heterocycles. The number of ether oxygens (including phenoxy) is 2. The molecule has 0 radical (unpaired) electrons. The molecule has 0 unspecified atom stereocenters. The van der Waals surface area contributed by atoms with Gasteiger partial charge in [-0.3, -0.25) is 0 Å². The number of nitrogen functional groups attached to an aromatic ring is 1. The Morgan fingerprint density at radius 2 is 1.94 bits per heavy atom. The molecule has 0 aliphatic heterocycles. The first-order chi connectivity index (χ1) is 8.71. The lowest BCUT2D eigenvalue weighted by Crippen LogP contribution is -2.29. The zero-order chi connectivity index (χ0) is 13.4. The Morgan fingerprint density at radius 1 is 1.17 bits per heavy atom. The van der Waals surface area contributed by atoms with Crippen molar-refractivity contribution in [1.82, 2.24) is 15.0 Å². The van der Waals surface area contributed by atoms with Gasteiger partial charge in [-0.05, 0) is 13.3 Å². The van der Waals surface area contributed by atoms with Crippen LogP contribution in [-0.4, -0.2) is 48.4 Å². The minimum absolute atomic E-state index is 0.168. The summed E-state index contributed by atoms with van der Waals surface area (Å²) in [6.07, 6.45) is 0.891. The number of likely N-dealkylation sites (N-methyl/N-ethyl adjacent to an activating group) is 1. The summed E-state index contributed by atoms with van der Waals surface area (Å²) >= 11 is 0. The Morgan fingerprint density at radius 3 is 2.56 bits per heavy atom. The smallest absolute Gasteiger partial charge is 0.323 e. The Labute approximate surface area is 107 Å². The molecule has 7 nitrogen and oxygen atoms in total. The van der Waals surface area contributed by atoms with E-state index in [9.17, 15) is 0 Å². The number of rotatable bonds is 8. The van der Waals surface area contributed by atoms with Gasteiger partial charge in [-0.2, -0.15) is 15.0 Å². The molecule has 1 rings (SSSR count). The van der Waals surface area contributed by atoms with E-state index in [2.05, 4.69) is 15.0 Å². The molecule has 0 aliphatic carbocycles. The van der Waals surface area contributed by atoms with E-state index in [0.717, 1.165) is 13.0 Å². The van der Waals surface area contributed by atoms with Crippen molar-refractivity contribution in [2.24, 2.45) is 0 Å². The zero-order valence-corrected chi connectivity index (χ0v) is 11.2. The second-order valence-corrected chi connectivity index (χ2v) is 3.70. The summed E-state index contributed by atoms with van der Waals surface area (Å²) in [5.41, 5.74) is 5.65. The lowest BCUT2D eigenvalue weighted by atomic mass is 10.5. The highest BCUT2D eigenvalue weighted by atomic mass is 16.5. The fourth-order valence-corrected chi connectivity index (χ4v) is 1.36. The minimum atomic E-state index is 0.168. The van der Waals surface area contributed by atoms with E-state index < -0.39 is 0 Å². The van der Waals surface area contributed by atoms with Crippen molar-refractivity contribution >= 4 is 11.9 Å². The van der Waals surface area contributed by atoms with Gasteiger partial charge in [0.1, 0.15) is 0 Å². The summed E-state index contributed by atoms with van der Waals surface area (Å²) in [7, 11) is 1.66. The molecule has 0 aromatic carbocycles. The molecule has 0 amide bonds. The average molecular weight is 255 g/mol. The molecule has 0 spiro atoms. The maximum atomic E-state index is 5.65. The van der Waals surface area contributed by atoms with Gasteiger partial charge in [0.15, 0.2) is 0 Å². The highest BCUT2D eigenvalue weighted by molar-refractivity contribution is 5.35. The van der Waals surface area contributed by atoms with E-state index in [1.165, 1.54) is 0 Å². The third-order valence-electron chi connectivity index (χ3n) is 2.29. The SMILES string of the molecule is CCCOc1nc(N)nc(N(CC)CCOC)n1. The van der Waals surface area contributed by atoms with Crippen LogP contribution in [0.1, 0.15) is 20.3 Å². The molecular formula is C11H21N5O2. The monoisotopic (exact) mass is 255 g/mol. The van der Waals surface area contributed by atoms with Crippen molar-refractivity contribution in [3.8, 4) is 6.01 Å². The Hall–Kier alpha value is -1.63. The molecule has 0 fully saturated rings. The van der Waals surface area contributed by atoms with Gasteiger partial charge in [-0.25, -0.2) is 0 Å². The summed E-state index contributed by atoms with van der Waals surface area (Å²) in [5.74, 6) is 0.690. The van der Waals surface area contributed by atoms with Gasteiger partial charge in [0.05, 0.1) is 13.2 Å². The van der Waals surface area contributed by atoms with Crippen LogP contribution in [0.3, 0.4) is 0 Å². The van der Waals surface area contributed by atoms with Crippen molar-refractivity contribution in [3.05, 3.63) is 0 Å². The minimum Gasteiger partial charge on any atom is -0.463 e. The highest BCUT2D eigenvalue weighted by Gasteiger charge is 2.11. The molecule has 1 heterocycles. The van der Waals surface area contributed by atoms with E-state index in [1.807, 2.05) is 18.7 Å². The standard InChI is InChI=1S/C11H21N5O2/c1-4-7-18-11-14-9(12)13-10(15-11)16(5-2)6-8-17-3/h4-8H2,1-3H3,(H2,12,13,14,15). The van der Waals surface area contributed by atoms with Crippen LogP contribution in [0.15, 0.2) is 0 Å². The quantitative estimate of drug-likeness (QED) is 0.732. The molecule has 2 N–H and O–H groups in total. The number of anilines is 2. The van der Waals surface area contributed by atoms with Crippen molar-refractivity contribution in [2.45, 2.75) is 20.3 Å². The molecule has 0 atom stereocenters. The molecule has 0 saturated heterocycles. The van der Waals surface area contributed by atoms with Crippen molar-refractivity contribution < 1.29 is 9.47 Å². The van der Waals surface area contributed by atoms with Gasteiger partial charge in [0.25, 0.3) is 0 Å². The van der Waals surface area contributed by atoms with Crippen molar-refractivity contribution in [2.75, 3.05) is 44.0 Å². The van der Waals surface area contributed by atoms with Crippen LogP contribution in [0.4, 0.5) is 11.9 Å². The van der Waals surface area contributed by atoms with Gasteiger partial charge in [0.2, 0.25) is 11.9 Å². The van der Waals surface area contributed by atoms with Crippen LogP contribution in [0.5, 0.6) is 6.01 Å². The lowest BCUT2D eigenvalue weighted by Gasteiger charge is -2.20. The fraction of sp³-hybridized carbons (Fsp3) is 0.727. The molecule has 0 aliphatic rings. The normalized spacial score (nSPS) is 10.4. The van der Waals surface area contributed by atoms with Gasteiger partial charge < -0.3 is 20.1 Å². The molecule has 0 bridgehead atoms. The third kappa shape index (κ3) is 4.33. The third-order valence-corrected chi connectivity index (χ3v) is 2.29. The number of hydrogen-bond acceptors (Lipinski definition) is 7. The summed E-state index contributed by atoms with van der Waals surface area (Å²) in [4.78, 5) is 14.3. The van der Waals surface area contributed by atoms with Crippen LogP contribution >= 0.6 is 0 Å². The zero-order valence-electron chi connectivity index (χ0n) is 11.2. The Balaban J connectivity index is 2.81. The molecule has 7 heteroatoms. The van der Waals surface area contributed by atoms with E-state index in [-0.39, 0.29) is 12.0 Å². The average Bonchev–Trinajstić information content (AvgIpc) is 2.37. The first-order valence-corrected chi connectivity index (χ1v) is 6.09. The van der Waals surface area contributed by atoms with E-state index in [0.29, 0.717) is 25.7 Å². The topological polar surface area (TPSA) is 86.4 Å². The van der Waals surface area contributed by atoms with E-state index in [4.69, 9.17) is 15.2 Å². The largest absolute Gasteiger partial charge is 0.463 e. The van der Waals surface area contributed by atoms with Gasteiger partial charge in [-0.15, -0.1) is 0 Å². The number of aromatic nitrogens is 3. The molecule has 102 valence electrons. The molecular weight excluding hydrogens is 234 g/mol. The summed E-state index contributed by atoms with van der Waals surface area (Å²) < 4.78 is 10.4. The first-order valence-electron chi connectivity index (χ1n) is 6.09. The Bertz CT molecular complexity index is 361. The van der Waals surface area contributed by atoms with Gasteiger partial charge in [0, 0.05) is 20.2 Å². The Kier molecular flexibility index (Phi) is 6.13. The number of methoxy groups -OCH3 is 1. The molecule has 1 aromatic rings. The van der Waals surface area contributed by atoms with Crippen LogP contribution in [-0.2, 0) is 4.74 Å². The predicted molar refractivity (Wildman–Crippen MR) is 69.8 cm³/mol. The first kappa shape index (κ1) is 14.4. The lowest BCUT2D eigenvalue weighted by molar-refractivity contribution is 0.205. The predicted octanol–water partition coefficient (Wildman–Crippen LogP) is 0.715. The maximum Gasteiger partial charge on any atom is 0.323 e. The van der Waals surface area contributed by atoms with Crippen molar-refractivity contribution in [3.63, 3.8) is 0 Å². The van der Waals surface area contributed by atoms with Gasteiger partial charge >= 0.3 is 6.01 Å². The summed E-state index contributed by atoms with van der Waals surface area (Å²) in [6, 6.07) is 0.273.